The molecule has 0 spiro atoms. The Hall–Kier alpha value is -1.83. The molecule has 110 valence electrons. The summed E-state index contributed by atoms with van der Waals surface area (Å²) in [6, 6.07) is 0.0104. The summed E-state index contributed by atoms with van der Waals surface area (Å²) in [6.45, 7) is 0.464. The third-order valence-electron chi connectivity index (χ3n) is 2.72. The number of alkyl halides is 1. The Bertz CT molecular complexity index is 481. The van der Waals surface area contributed by atoms with Crippen LogP contribution in [0, 0.1) is 5.41 Å². The third kappa shape index (κ3) is 2.84. The van der Waals surface area contributed by atoms with Gasteiger partial charge in [-0.2, -0.15) is 15.0 Å². The Morgan fingerprint density at radius 2 is 1.75 bits per heavy atom. The van der Waals surface area contributed by atoms with E-state index in [9.17, 15) is 0 Å². The summed E-state index contributed by atoms with van der Waals surface area (Å²) in [7, 11) is 7.41. The van der Waals surface area contributed by atoms with E-state index in [-0.39, 0.29) is 12.1 Å². The van der Waals surface area contributed by atoms with Gasteiger partial charge >= 0.3 is 0 Å². The summed E-state index contributed by atoms with van der Waals surface area (Å²) in [6.07, 6.45) is -0.216. The minimum Gasteiger partial charge on any atom is -0.459 e. The highest BCUT2D eigenvalue weighted by Crippen LogP contribution is 2.21. The molecule has 9 heteroatoms. The van der Waals surface area contributed by atoms with E-state index in [0.29, 0.717) is 30.3 Å². The zero-order valence-corrected chi connectivity index (χ0v) is 12.7. The van der Waals surface area contributed by atoms with Crippen LogP contribution in [0.3, 0.4) is 0 Å². The first-order valence-corrected chi connectivity index (χ1v) is 6.65. The molecule has 1 atom stereocenters. The first-order valence-electron chi connectivity index (χ1n) is 6.11. The van der Waals surface area contributed by atoms with Crippen LogP contribution >= 0.6 is 11.6 Å². The van der Waals surface area contributed by atoms with Crippen LogP contribution in [-0.2, 0) is 4.74 Å². The van der Waals surface area contributed by atoms with Gasteiger partial charge < -0.3 is 14.5 Å². The van der Waals surface area contributed by atoms with Gasteiger partial charge in [-0.15, -0.1) is 11.6 Å². The molecule has 1 N–H and O–H groups in total. The fourth-order valence-corrected chi connectivity index (χ4v) is 1.82. The van der Waals surface area contributed by atoms with Crippen LogP contribution in [-0.4, -0.2) is 67.7 Å². The summed E-state index contributed by atoms with van der Waals surface area (Å²) in [5.41, 5.74) is 0. The first kappa shape index (κ1) is 14.6. The van der Waals surface area contributed by atoms with Gasteiger partial charge in [0.1, 0.15) is 6.10 Å². The lowest BCUT2D eigenvalue weighted by Gasteiger charge is -2.19. The number of rotatable bonds is 4. The summed E-state index contributed by atoms with van der Waals surface area (Å²) in [4.78, 5) is 18.2. The molecule has 2 rings (SSSR count). The van der Waals surface area contributed by atoms with Gasteiger partial charge in [-0.1, -0.05) is 0 Å². The van der Waals surface area contributed by atoms with E-state index >= 15 is 0 Å². The van der Waals surface area contributed by atoms with Crippen LogP contribution in [0.1, 0.15) is 0 Å². The molecule has 1 aromatic heterocycles. The maximum Gasteiger partial charge on any atom is 0.291 e. The van der Waals surface area contributed by atoms with Crippen molar-refractivity contribution in [1.29, 1.82) is 5.41 Å². The van der Waals surface area contributed by atoms with Gasteiger partial charge in [0.2, 0.25) is 17.8 Å². The van der Waals surface area contributed by atoms with E-state index in [1.54, 1.807) is 14.7 Å². The second-order valence-electron chi connectivity index (χ2n) is 4.83. The molecule has 1 aromatic rings. The third-order valence-corrected chi connectivity index (χ3v) is 3.07. The lowest BCUT2D eigenvalue weighted by Crippen LogP contribution is -2.29. The predicted molar refractivity (Wildman–Crippen MR) is 79.1 cm³/mol. The Kier molecular flexibility index (Phi) is 4.12. The predicted octanol–water partition coefficient (Wildman–Crippen LogP) is 0.382. The average molecular weight is 300 g/mol. The summed E-state index contributed by atoms with van der Waals surface area (Å²) >= 11 is 5.77. The maximum absolute atomic E-state index is 7.85. The molecule has 0 bridgehead atoms. The van der Waals surface area contributed by atoms with E-state index in [1.807, 2.05) is 28.2 Å². The van der Waals surface area contributed by atoms with Crippen LogP contribution in [0.15, 0.2) is 0 Å². The Balaban J connectivity index is 2.38. The number of hydrogen-bond donors (Lipinski definition) is 1. The van der Waals surface area contributed by atoms with Gasteiger partial charge in [0, 0.05) is 28.2 Å². The quantitative estimate of drug-likeness (QED) is 0.805. The molecule has 0 aliphatic carbocycles. The minimum atomic E-state index is -0.216. The van der Waals surface area contributed by atoms with E-state index in [4.69, 9.17) is 21.7 Å². The maximum atomic E-state index is 7.85. The van der Waals surface area contributed by atoms with Gasteiger partial charge in [-0.05, 0) is 0 Å². The lowest BCUT2D eigenvalue weighted by molar-refractivity contribution is 0.253. The van der Waals surface area contributed by atoms with Crippen LogP contribution < -0.4 is 14.7 Å². The van der Waals surface area contributed by atoms with Crippen molar-refractivity contribution in [3.8, 4) is 0 Å². The van der Waals surface area contributed by atoms with E-state index in [0.717, 1.165) is 0 Å². The van der Waals surface area contributed by atoms with Crippen molar-refractivity contribution in [3.63, 3.8) is 0 Å². The first-order chi connectivity index (χ1) is 9.42. The van der Waals surface area contributed by atoms with E-state index in [2.05, 4.69) is 15.0 Å². The number of halogens is 1. The van der Waals surface area contributed by atoms with E-state index < -0.39 is 0 Å². The van der Waals surface area contributed by atoms with Gasteiger partial charge in [0.15, 0.2) is 0 Å². The normalized spacial score (nSPS) is 18.1. The van der Waals surface area contributed by atoms with E-state index in [1.165, 1.54) is 0 Å². The lowest BCUT2D eigenvalue weighted by atomic mass is 10.4. The molecular formula is C11H18ClN7O. The highest BCUT2D eigenvalue weighted by Gasteiger charge is 2.31. The topological polar surface area (TPSA) is 81.5 Å². The van der Waals surface area contributed by atoms with Gasteiger partial charge in [-0.25, -0.2) is 0 Å². The number of nitrogens with one attached hydrogen (secondary N) is 1. The van der Waals surface area contributed by atoms with Crippen molar-refractivity contribution >= 4 is 35.5 Å². The number of ether oxygens (including phenoxy) is 1. The zero-order chi connectivity index (χ0) is 14.9. The molecule has 1 aliphatic rings. The number of anilines is 3. The molecule has 0 amide bonds. The monoisotopic (exact) mass is 299 g/mol. The largest absolute Gasteiger partial charge is 0.459 e. The summed E-state index contributed by atoms with van der Waals surface area (Å²) in [5.74, 6) is 1.78. The number of aromatic nitrogens is 3. The van der Waals surface area contributed by atoms with Crippen LogP contribution in [0.5, 0.6) is 0 Å². The summed E-state index contributed by atoms with van der Waals surface area (Å²) in [5, 5.41) is 7.85. The molecule has 8 nitrogen and oxygen atoms in total. The zero-order valence-electron chi connectivity index (χ0n) is 12.0. The number of hydrogen-bond acceptors (Lipinski definition) is 7. The SMILES string of the molecule is CN(C)c1nc(N(C)C)nc(N2C[C@@H](CCl)OC2=N)n1. The van der Waals surface area contributed by atoms with Gasteiger partial charge in [0.25, 0.3) is 6.02 Å². The number of amidine groups is 1. The standard InChI is InChI=1S/C11H18ClN7O/c1-17(2)9-14-10(18(3)4)16-11(15-9)19-6-7(5-12)20-8(19)13/h7,13H,5-6H2,1-4H3/t7-/m1/s1. The van der Waals surface area contributed by atoms with Gasteiger partial charge in [0.05, 0.1) is 12.4 Å². The average Bonchev–Trinajstić information content (AvgIpc) is 2.79. The number of nitrogens with zero attached hydrogens (tertiary/aromatic N) is 6. The van der Waals surface area contributed by atoms with Crippen LogP contribution in [0.25, 0.3) is 0 Å². The molecular weight excluding hydrogens is 282 g/mol. The Morgan fingerprint density at radius 1 is 1.20 bits per heavy atom. The van der Waals surface area contributed by atoms with Crippen LogP contribution in [0.4, 0.5) is 17.8 Å². The Labute approximate surface area is 122 Å². The highest BCUT2D eigenvalue weighted by atomic mass is 35.5. The molecule has 2 heterocycles. The van der Waals surface area contributed by atoms with Crippen molar-refractivity contribution < 1.29 is 4.74 Å². The van der Waals surface area contributed by atoms with Crippen molar-refractivity contribution in [2.75, 3.05) is 55.3 Å². The smallest absolute Gasteiger partial charge is 0.291 e. The Morgan fingerprint density at radius 3 is 2.15 bits per heavy atom. The molecule has 0 aromatic carbocycles. The second-order valence-corrected chi connectivity index (χ2v) is 5.14. The van der Waals surface area contributed by atoms with Gasteiger partial charge in [-0.3, -0.25) is 10.3 Å². The van der Waals surface area contributed by atoms with Crippen molar-refractivity contribution in [2.24, 2.45) is 0 Å². The molecule has 0 unspecified atom stereocenters. The molecule has 1 aliphatic heterocycles. The van der Waals surface area contributed by atoms with Crippen molar-refractivity contribution in [3.05, 3.63) is 0 Å². The minimum absolute atomic E-state index is 0.0104. The van der Waals surface area contributed by atoms with Crippen molar-refractivity contribution in [2.45, 2.75) is 6.10 Å². The second kappa shape index (κ2) is 5.66. The summed E-state index contributed by atoms with van der Waals surface area (Å²) < 4.78 is 5.33. The fraction of sp³-hybridized carbons (Fsp3) is 0.636. The molecule has 0 saturated carbocycles. The fourth-order valence-electron chi connectivity index (χ4n) is 1.66. The van der Waals surface area contributed by atoms with Crippen molar-refractivity contribution in [1.82, 2.24) is 15.0 Å². The molecule has 1 fully saturated rings. The highest BCUT2D eigenvalue weighted by molar-refractivity contribution is 6.18. The molecule has 1 saturated heterocycles. The van der Waals surface area contributed by atoms with Crippen LogP contribution in [0.2, 0.25) is 0 Å². The molecule has 20 heavy (non-hydrogen) atoms. The molecule has 0 radical (unpaired) electrons.